The van der Waals surface area contributed by atoms with Gasteiger partial charge in [0.1, 0.15) is 5.82 Å². The summed E-state index contributed by atoms with van der Waals surface area (Å²) < 4.78 is 10.5. The molecular formula is C24H35N5O2S. The van der Waals surface area contributed by atoms with Gasteiger partial charge in [-0.15, -0.1) is 0 Å². The number of aryl methyl sites for hydroxylation is 2. The SMILES string of the molecule is NC(=O)CCc1nn(CN2CCC(CCc3ccccc3)CC2)c(=S)n1C[C@H]1CCCO1. The third-order valence-corrected chi connectivity index (χ3v) is 7.16. The molecule has 2 fully saturated rings. The van der Waals surface area contributed by atoms with E-state index in [2.05, 4.69) is 39.8 Å². The molecule has 7 nitrogen and oxygen atoms in total. The fourth-order valence-electron chi connectivity index (χ4n) is 4.79. The molecular weight excluding hydrogens is 422 g/mol. The zero-order valence-electron chi connectivity index (χ0n) is 18.8. The highest BCUT2D eigenvalue weighted by molar-refractivity contribution is 7.71. The molecule has 8 heteroatoms. The molecule has 32 heavy (non-hydrogen) atoms. The number of hydrogen-bond acceptors (Lipinski definition) is 5. The summed E-state index contributed by atoms with van der Waals surface area (Å²) in [4.78, 5) is 13.8. The lowest BCUT2D eigenvalue weighted by molar-refractivity contribution is -0.118. The Bertz CT molecular complexity index is 928. The maximum absolute atomic E-state index is 11.3. The van der Waals surface area contributed by atoms with Gasteiger partial charge in [0.15, 0.2) is 4.77 Å². The van der Waals surface area contributed by atoms with Gasteiger partial charge >= 0.3 is 0 Å². The van der Waals surface area contributed by atoms with E-state index in [0.29, 0.717) is 24.4 Å². The molecule has 0 radical (unpaired) electrons. The quantitative estimate of drug-likeness (QED) is 0.554. The molecule has 1 atom stereocenters. The first kappa shape index (κ1) is 23.1. The Kier molecular flexibility index (Phi) is 8.10. The topological polar surface area (TPSA) is 78.3 Å². The number of likely N-dealkylation sites (tertiary alicyclic amines) is 1. The third kappa shape index (κ3) is 6.27. The van der Waals surface area contributed by atoms with E-state index in [1.54, 1.807) is 0 Å². The van der Waals surface area contributed by atoms with Gasteiger partial charge in [-0.1, -0.05) is 30.3 Å². The lowest BCUT2D eigenvalue weighted by atomic mass is 9.91. The Hall–Kier alpha value is -2.03. The molecule has 1 amide bonds. The van der Waals surface area contributed by atoms with E-state index in [4.69, 9.17) is 27.8 Å². The number of carbonyl (C=O) groups excluding carboxylic acids is 1. The standard InChI is InChI=1S/C24H35N5O2S/c25-22(30)10-11-23-26-29(24(32)28(23)17-21-7-4-16-31-21)18-27-14-12-20(13-15-27)9-8-19-5-2-1-3-6-19/h1-3,5-6,20-21H,4,7-18H2,(H2,25,30)/t21-/m1/s1. The molecule has 2 aliphatic heterocycles. The van der Waals surface area contributed by atoms with Crippen LogP contribution in [0.3, 0.4) is 0 Å². The Labute approximate surface area is 195 Å². The van der Waals surface area contributed by atoms with Crippen LogP contribution in [0.5, 0.6) is 0 Å². The van der Waals surface area contributed by atoms with Gasteiger partial charge in [-0.2, -0.15) is 5.10 Å². The number of nitrogens with zero attached hydrogens (tertiary/aromatic N) is 4. The van der Waals surface area contributed by atoms with Crippen LogP contribution in [-0.2, 0) is 35.6 Å². The predicted molar refractivity (Wildman–Crippen MR) is 127 cm³/mol. The van der Waals surface area contributed by atoms with Gasteiger partial charge in [0.2, 0.25) is 5.91 Å². The molecule has 0 aliphatic carbocycles. The number of rotatable bonds is 10. The molecule has 2 aliphatic rings. The molecule has 0 spiro atoms. The number of benzene rings is 1. The number of nitrogens with two attached hydrogens (primary N) is 1. The minimum absolute atomic E-state index is 0.173. The van der Waals surface area contributed by atoms with Gasteiger partial charge in [0.25, 0.3) is 0 Å². The van der Waals surface area contributed by atoms with Crippen LogP contribution >= 0.6 is 12.2 Å². The van der Waals surface area contributed by atoms with E-state index in [1.807, 2.05) is 4.68 Å². The van der Waals surface area contributed by atoms with Gasteiger partial charge in [-0.25, -0.2) is 4.68 Å². The number of ether oxygens (including phenoxy) is 1. The number of aromatic nitrogens is 3. The van der Waals surface area contributed by atoms with Crippen molar-refractivity contribution < 1.29 is 9.53 Å². The minimum Gasteiger partial charge on any atom is -0.376 e. The lowest BCUT2D eigenvalue weighted by Crippen LogP contribution is -2.35. The van der Waals surface area contributed by atoms with Crippen LogP contribution in [0.4, 0.5) is 0 Å². The molecule has 174 valence electrons. The lowest BCUT2D eigenvalue weighted by Gasteiger charge is -2.31. The Morgan fingerprint density at radius 2 is 1.94 bits per heavy atom. The van der Waals surface area contributed by atoms with Crippen LogP contribution in [0.1, 0.15) is 49.9 Å². The molecule has 3 heterocycles. The summed E-state index contributed by atoms with van der Waals surface area (Å²) >= 11 is 5.78. The number of piperidine rings is 1. The number of primary amides is 1. The zero-order chi connectivity index (χ0) is 22.3. The molecule has 2 N–H and O–H groups in total. The van der Waals surface area contributed by atoms with Crippen molar-refractivity contribution in [2.75, 3.05) is 19.7 Å². The first-order valence-corrected chi connectivity index (χ1v) is 12.3. The number of amides is 1. The fourth-order valence-corrected chi connectivity index (χ4v) is 5.07. The average molecular weight is 458 g/mol. The largest absolute Gasteiger partial charge is 0.376 e. The molecule has 1 aromatic heterocycles. The summed E-state index contributed by atoms with van der Waals surface area (Å²) in [6, 6.07) is 10.8. The highest BCUT2D eigenvalue weighted by Gasteiger charge is 2.23. The summed E-state index contributed by atoms with van der Waals surface area (Å²) in [7, 11) is 0. The Balaban J connectivity index is 1.34. The summed E-state index contributed by atoms with van der Waals surface area (Å²) in [5.74, 6) is 1.30. The molecule has 2 aromatic rings. The van der Waals surface area contributed by atoms with Gasteiger partial charge in [0, 0.05) is 32.5 Å². The van der Waals surface area contributed by atoms with Gasteiger partial charge in [-0.3, -0.25) is 9.69 Å². The van der Waals surface area contributed by atoms with Crippen LogP contribution < -0.4 is 5.73 Å². The maximum atomic E-state index is 11.3. The van der Waals surface area contributed by atoms with Crippen molar-refractivity contribution in [2.45, 2.75) is 70.7 Å². The van der Waals surface area contributed by atoms with Crippen molar-refractivity contribution in [3.63, 3.8) is 0 Å². The normalized spacial score (nSPS) is 20.1. The van der Waals surface area contributed by atoms with E-state index in [1.165, 1.54) is 24.8 Å². The van der Waals surface area contributed by atoms with E-state index >= 15 is 0 Å². The van der Waals surface area contributed by atoms with E-state index in [9.17, 15) is 4.79 Å². The predicted octanol–water partition coefficient (Wildman–Crippen LogP) is 3.31. The van der Waals surface area contributed by atoms with E-state index in [-0.39, 0.29) is 18.4 Å². The van der Waals surface area contributed by atoms with Crippen LogP contribution in [-0.4, -0.2) is 51.0 Å². The second kappa shape index (κ2) is 11.2. The Morgan fingerprint density at radius 3 is 2.62 bits per heavy atom. The van der Waals surface area contributed by atoms with Gasteiger partial charge in [-0.05, 0) is 62.2 Å². The van der Waals surface area contributed by atoms with Gasteiger partial charge < -0.3 is 15.0 Å². The molecule has 1 aromatic carbocycles. The average Bonchev–Trinajstić information content (AvgIpc) is 3.42. The first-order valence-electron chi connectivity index (χ1n) is 11.9. The van der Waals surface area contributed by atoms with Crippen molar-refractivity contribution in [1.29, 1.82) is 0 Å². The molecule has 0 unspecified atom stereocenters. The molecule has 0 bridgehead atoms. The molecule has 0 saturated carbocycles. The van der Waals surface area contributed by atoms with Crippen LogP contribution in [0.15, 0.2) is 30.3 Å². The van der Waals surface area contributed by atoms with Crippen molar-refractivity contribution in [3.8, 4) is 0 Å². The third-order valence-electron chi connectivity index (χ3n) is 6.73. The Morgan fingerprint density at radius 1 is 1.16 bits per heavy atom. The maximum Gasteiger partial charge on any atom is 0.217 e. The minimum atomic E-state index is -0.313. The molecule has 4 rings (SSSR count). The van der Waals surface area contributed by atoms with Crippen molar-refractivity contribution in [3.05, 3.63) is 46.5 Å². The second-order valence-corrected chi connectivity index (χ2v) is 9.50. The summed E-state index contributed by atoms with van der Waals surface area (Å²) in [5.41, 5.74) is 6.81. The summed E-state index contributed by atoms with van der Waals surface area (Å²) in [5, 5.41) is 4.78. The van der Waals surface area contributed by atoms with Crippen LogP contribution in [0.2, 0.25) is 0 Å². The first-order chi connectivity index (χ1) is 15.6. The monoisotopic (exact) mass is 457 g/mol. The highest BCUT2D eigenvalue weighted by atomic mass is 32.1. The smallest absolute Gasteiger partial charge is 0.217 e. The second-order valence-electron chi connectivity index (χ2n) is 9.14. The van der Waals surface area contributed by atoms with Gasteiger partial charge in [0.05, 0.1) is 19.3 Å². The van der Waals surface area contributed by atoms with Crippen LogP contribution in [0.25, 0.3) is 0 Å². The van der Waals surface area contributed by atoms with Crippen molar-refractivity contribution in [1.82, 2.24) is 19.2 Å². The fraction of sp³-hybridized carbons (Fsp3) is 0.625. The summed E-state index contributed by atoms with van der Waals surface area (Å²) in [6.45, 7) is 4.34. The van der Waals surface area contributed by atoms with E-state index in [0.717, 1.165) is 50.7 Å². The number of hydrogen-bond donors (Lipinski definition) is 1. The van der Waals surface area contributed by atoms with Crippen molar-refractivity contribution >= 4 is 18.1 Å². The number of carbonyl (C=O) groups is 1. The van der Waals surface area contributed by atoms with Crippen LogP contribution in [0, 0.1) is 10.7 Å². The zero-order valence-corrected chi connectivity index (χ0v) is 19.6. The highest BCUT2D eigenvalue weighted by Crippen LogP contribution is 2.23. The molecule has 2 saturated heterocycles. The summed E-state index contributed by atoms with van der Waals surface area (Å²) in [6.07, 6.45) is 7.94. The van der Waals surface area contributed by atoms with E-state index < -0.39 is 0 Å². The van der Waals surface area contributed by atoms with Crippen molar-refractivity contribution in [2.24, 2.45) is 11.7 Å².